The predicted molar refractivity (Wildman–Crippen MR) is 141 cm³/mol. The van der Waals surface area contributed by atoms with Crippen molar-refractivity contribution in [2.24, 2.45) is 0 Å². The molecular weight excluding hydrogens is 499 g/mol. The minimum Gasteiger partial charge on any atom is -0.391 e. The van der Waals surface area contributed by atoms with E-state index in [2.05, 4.69) is 0 Å². The van der Waals surface area contributed by atoms with Crippen LogP contribution in [0.2, 0.25) is 0 Å². The third kappa shape index (κ3) is 7.99. The maximum atomic E-state index is 13.9. The smallest absolute Gasteiger partial charge is 0.336 e. The summed E-state index contributed by atoms with van der Waals surface area (Å²) < 4.78 is 30.0. The second-order valence-electron chi connectivity index (χ2n) is 11.3. The van der Waals surface area contributed by atoms with Gasteiger partial charge in [-0.25, -0.2) is 0 Å². The molecule has 2 N–H and O–H groups in total. The lowest BCUT2D eigenvalue weighted by Gasteiger charge is -2.42. The van der Waals surface area contributed by atoms with E-state index in [1.165, 1.54) is 0 Å². The van der Waals surface area contributed by atoms with Gasteiger partial charge in [0.15, 0.2) is 0 Å². The first-order chi connectivity index (χ1) is 17.3. The number of aliphatic hydroxyl groups excluding tert-OH is 1. The van der Waals surface area contributed by atoms with Crippen LogP contribution in [0.5, 0.6) is 0 Å². The van der Waals surface area contributed by atoms with Crippen LogP contribution in [0.25, 0.3) is 0 Å². The van der Waals surface area contributed by atoms with Crippen LogP contribution in [0.3, 0.4) is 0 Å². The van der Waals surface area contributed by atoms with Gasteiger partial charge in [-0.1, -0.05) is 6.92 Å². The minimum absolute atomic E-state index is 0.00221. The van der Waals surface area contributed by atoms with Gasteiger partial charge in [-0.15, -0.1) is 0 Å². The number of methoxy groups -OCH3 is 2. The van der Waals surface area contributed by atoms with Gasteiger partial charge >= 0.3 is 7.60 Å². The van der Waals surface area contributed by atoms with E-state index in [0.29, 0.717) is 45.3 Å². The molecule has 2 rings (SSSR count). The molecule has 0 saturated carbocycles. The lowest BCUT2D eigenvalue weighted by Crippen LogP contribution is -2.50. The van der Waals surface area contributed by atoms with Crippen molar-refractivity contribution in [3.05, 3.63) is 0 Å². The number of ether oxygens (including phenoxy) is 2. The van der Waals surface area contributed by atoms with Crippen LogP contribution in [0, 0.1) is 0 Å². The topological polar surface area (TPSA) is 126 Å². The number of carbonyl (C=O) groups excluding carboxylic acids is 2. The zero-order chi connectivity index (χ0) is 27.9. The third-order valence-corrected chi connectivity index (χ3v) is 10.6. The average Bonchev–Trinajstić information content (AvgIpc) is 3.37. The Bertz CT molecular complexity index is 809. The van der Waals surface area contributed by atoms with Crippen LogP contribution in [-0.4, -0.2) is 101 Å². The number of β-amino-alcohol motifs (C(OH)–C–C–N with tert-alkyl or cyclic N) is 1. The molecule has 0 aromatic carbocycles. The molecule has 0 aromatic heterocycles. The van der Waals surface area contributed by atoms with E-state index in [1.807, 2.05) is 20.8 Å². The van der Waals surface area contributed by atoms with E-state index in [-0.39, 0.29) is 31.3 Å². The van der Waals surface area contributed by atoms with Gasteiger partial charge < -0.3 is 33.8 Å². The first-order valence-corrected chi connectivity index (χ1v) is 15.2. The summed E-state index contributed by atoms with van der Waals surface area (Å²) in [6.07, 6.45) is 3.21. The minimum atomic E-state index is -4.28. The molecule has 0 aromatic rings. The van der Waals surface area contributed by atoms with Crippen molar-refractivity contribution in [3.63, 3.8) is 0 Å². The Balaban J connectivity index is 2.12. The van der Waals surface area contributed by atoms with Crippen LogP contribution in [0.15, 0.2) is 0 Å². The first-order valence-electron chi connectivity index (χ1n) is 13.6. The van der Waals surface area contributed by atoms with Crippen molar-refractivity contribution in [2.45, 2.75) is 114 Å². The Hall–Kier alpha value is -1.03. The molecule has 3 unspecified atom stereocenters. The van der Waals surface area contributed by atoms with E-state index in [4.69, 9.17) is 14.0 Å². The molecule has 2 aliphatic heterocycles. The standard InChI is InChI=1S/C26H49N2O8P/c1-7-26(4,22-16-20(29)18-27(22)23(30)12-8-10-14-34-5)37(32,33)36-21-17-25(2,3)28(19-21)24(31)13-9-11-15-35-6/h20-22,29H,7-19H2,1-6H3,(H,32,33)/t20-,21-,22?,26?/m1/s1. The molecular formula is C26H49N2O8P. The van der Waals surface area contributed by atoms with E-state index in [9.17, 15) is 24.2 Å². The fraction of sp³-hybridized carbons (Fsp3) is 0.923. The zero-order valence-electron chi connectivity index (χ0n) is 23.6. The SMILES string of the molecule is CCC(C)(C1C[C@@H](O)CN1C(=O)CCCCOC)P(=O)(O)O[C@H]1CN(C(=O)CCCCOC)C(C)(C)C1. The Morgan fingerprint density at radius 2 is 1.59 bits per heavy atom. The van der Waals surface area contributed by atoms with Crippen molar-refractivity contribution in [3.8, 4) is 0 Å². The summed E-state index contributed by atoms with van der Waals surface area (Å²) in [7, 11) is -1.03. The quantitative estimate of drug-likeness (QED) is 0.236. The highest BCUT2D eigenvalue weighted by atomic mass is 31.2. The number of unbranched alkanes of at least 4 members (excludes halogenated alkanes) is 2. The average molecular weight is 549 g/mol. The molecule has 0 spiro atoms. The Labute approximate surface area is 222 Å². The van der Waals surface area contributed by atoms with Crippen LogP contribution in [0.4, 0.5) is 0 Å². The Morgan fingerprint density at radius 3 is 2.14 bits per heavy atom. The van der Waals surface area contributed by atoms with Crippen LogP contribution < -0.4 is 0 Å². The summed E-state index contributed by atoms with van der Waals surface area (Å²) in [4.78, 5) is 40.6. The van der Waals surface area contributed by atoms with Crippen molar-refractivity contribution in [1.29, 1.82) is 0 Å². The molecule has 2 saturated heterocycles. The lowest BCUT2D eigenvalue weighted by molar-refractivity contribution is -0.135. The second kappa shape index (κ2) is 13.9. The normalized spacial score (nSPS) is 26.8. The molecule has 5 atom stereocenters. The molecule has 11 heteroatoms. The van der Waals surface area contributed by atoms with Gasteiger partial charge in [0.1, 0.15) is 0 Å². The van der Waals surface area contributed by atoms with Crippen molar-refractivity contribution >= 4 is 19.4 Å². The van der Waals surface area contributed by atoms with Crippen LogP contribution in [0.1, 0.15) is 85.5 Å². The summed E-state index contributed by atoms with van der Waals surface area (Å²) in [5, 5.41) is 9.17. The maximum absolute atomic E-state index is 13.9. The van der Waals surface area contributed by atoms with Crippen molar-refractivity contribution < 1.29 is 38.2 Å². The molecule has 0 aliphatic carbocycles. The molecule has 2 heterocycles. The number of amides is 2. The molecule has 2 aliphatic rings. The molecule has 0 radical (unpaired) electrons. The molecule has 216 valence electrons. The van der Waals surface area contributed by atoms with Gasteiger partial charge in [0.2, 0.25) is 11.8 Å². The Morgan fingerprint density at radius 1 is 1.03 bits per heavy atom. The van der Waals surface area contributed by atoms with Crippen molar-refractivity contribution in [2.75, 3.05) is 40.5 Å². The predicted octanol–water partition coefficient (Wildman–Crippen LogP) is 3.33. The number of hydrogen-bond acceptors (Lipinski definition) is 7. The van der Waals surface area contributed by atoms with Gasteiger partial charge in [0.05, 0.1) is 23.4 Å². The summed E-state index contributed by atoms with van der Waals surface area (Å²) in [6.45, 7) is 8.95. The largest absolute Gasteiger partial charge is 0.391 e. The van der Waals surface area contributed by atoms with Crippen LogP contribution in [-0.2, 0) is 28.2 Å². The van der Waals surface area contributed by atoms with Gasteiger partial charge in [0, 0.05) is 58.9 Å². The van der Waals surface area contributed by atoms with Gasteiger partial charge in [-0.3, -0.25) is 14.2 Å². The second-order valence-corrected chi connectivity index (χ2v) is 13.6. The van der Waals surface area contributed by atoms with Crippen LogP contribution >= 0.6 is 7.60 Å². The fourth-order valence-corrected chi connectivity index (χ4v) is 7.45. The van der Waals surface area contributed by atoms with E-state index in [1.54, 1.807) is 30.9 Å². The maximum Gasteiger partial charge on any atom is 0.336 e. The number of hydrogen-bond donors (Lipinski definition) is 2. The molecule has 2 fully saturated rings. The van der Waals surface area contributed by atoms with Crippen molar-refractivity contribution in [1.82, 2.24) is 9.80 Å². The first kappa shape index (κ1) is 32.2. The van der Waals surface area contributed by atoms with Gasteiger partial charge in [0.25, 0.3) is 0 Å². The summed E-state index contributed by atoms with van der Waals surface area (Å²) in [5.74, 6) is -0.132. The van der Waals surface area contributed by atoms with E-state index in [0.717, 1.165) is 19.3 Å². The molecule has 10 nitrogen and oxygen atoms in total. The number of nitrogens with zero attached hydrogens (tertiary/aromatic N) is 2. The highest BCUT2D eigenvalue weighted by Gasteiger charge is 2.57. The molecule has 37 heavy (non-hydrogen) atoms. The van der Waals surface area contributed by atoms with Gasteiger partial charge in [-0.05, 0) is 65.7 Å². The monoisotopic (exact) mass is 548 g/mol. The highest BCUT2D eigenvalue weighted by molar-refractivity contribution is 7.54. The number of carbonyl (C=O) groups is 2. The van der Waals surface area contributed by atoms with E-state index < -0.39 is 36.5 Å². The summed E-state index contributed by atoms with van der Waals surface area (Å²) in [5.41, 5.74) is -0.501. The number of rotatable bonds is 15. The zero-order valence-corrected chi connectivity index (χ0v) is 24.5. The fourth-order valence-electron chi connectivity index (χ4n) is 5.64. The van der Waals surface area contributed by atoms with Gasteiger partial charge in [-0.2, -0.15) is 0 Å². The third-order valence-electron chi connectivity index (χ3n) is 8.09. The number of likely N-dealkylation sites (tertiary alicyclic amines) is 2. The number of aliphatic hydroxyl groups is 1. The lowest BCUT2D eigenvalue weighted by atomic mass is 9.95. The van der Waals surface area contributed by atoms with E-state index >= 15 is 0 Å². The molecule has 2 amide bonds. The molecule has 0 bridgehead atoms. The summed E-state index contributed by atoms with van der Waals surface area (Å²) >= 11 is 0. The Kier molecular flexibility index (Phi) is 12.1. The summed E-state index contributed by atoms with van der Waals surface area (Å²) in [6, 6.07) is -0.619. The highest BCUT2D eigenvalue weighted by Crippen LogP contribution is 2.62.